The van der Waals surface area contributed by atoms with Gasteiger partial charge in [-0.25, -0.2) is 15.8 Å². The van der Waals surface area contributed by atoms with E-state index >= 15 is 0 Å². The maximum Gasteiger partial charge on any atom is 0.239 e. The quantitative estimate of drug-likeness (QED) is 0.426. The van der Waals surface area contributed by atoms with E-state index in [9.17, 15) is 4.79 Å². The van der Waals surface area contributed by atoms with Crippen LogP contribution >= 0.6 is 0 Å². The van der Waals surface area contributed by atoms with Gasteiger partial charge in [0.05, 0.1) is 6.54 Å². The highest BCUT2D eigenvalue weighted by molar-refractivity contribution is 5.80. The molecule has 1 amide bonds. The number of nitrogens with zero attached hydrogens (tertiary/aromatic N) is 2. The number of hydrazine groups is 1. The standard InChI is InChI=1S/C12H22N6O/c1-4-5-9-16-10(6-11(17-9)18-13)14-7-12(19)15-8(2)3/h6,8H,4-5,7,13H2,1-3H3,(H,15,19)(H2,14,16,17,18). The molecule has 1 heterocycles. The lowest BCUT2D eigenvalue weighted by Gasteiger charge is -2.11. The fourth-order valence-electron chi connectivity index (χ4n) is 1.54. The molecule has 0 bridgehead atoms. The molecule has 106 valence electrons. The van der Waals surface area contributed by atoms with Crippen LogP contribution in [0.4, 0.5) is 11.6 Å². The topological polar surface area (TPSA) is 105 Å². The minimum absolute atomic E-state index is 0.0760. The van der Waals surface area contributed by atoms with Crippen LogP contribution in [0.3, 0.4) is 0 Å². The molecule has 7 heteroatoms. The Morgan fingerprint density at radius 1 is 1.37 bits per heavy atom. The first-order valence-electron chi connectivity index (χ1n) is 6.43. The maximum absolute atomic E-state index is 11.5. The van der Waals surface area contributed by atoms with Crippen molar-refractivity contribution < 1.29 is 4.79 Å². The molecule has 0 atom stereocenters. The number of carbonyl (C=O) groups is 1. The highest BCUT2D eigenvalue weighted by Gasteiger charge is 2.06. The molecule has 0 fully saturated rings. The second-order valence-electron chi connectivity index (χ2n) is 4.52. The Morgan fingerprint density at radius 3 is 2.63 bits per heavy atom. The van der Waals surface area contributed by atoms with Crippen molar-refractivity contribution in [2.24, 2.45) is 5.84 Å². The molecule has 1 aromatic rings. The van der Waals surface area contributed by atoms with E-state index in [2.05, 4.69) is 33.0 Å². The third-order valence-corrected chi connectivity index (χ3v) is 2.27. The monoisotopic (exact) mass is 266 g/mol. The zero-order chi connectivity index (χ0) is 14.3. The second kappa shape index (κ2) is 7.52. The van der Waals surface area contributed by atoms with Crippen molar-refractivity contribution in [2.75, 3.05) is 17.3 Å². The van der Waals surface area contributed by atoms with Crippen molar-refractivity contribution in [1.29, 1.82) is 0 Å². The lowest BCUT2D eigenvalue weighted by atomic mass is 10.3. The van der Waals surface area contributed by atoms with Crippen molar-refractivity contribution in [2.45, 2.75) is 39.7 Å². The van der Waals surface area contributed by atoms with Crippen molar-refractivity contribution in [3.63, 3.8) is 0 Å². The van der Waals surface area contributed by atoms with Crippen molar-refractivity contribution in [1.82, 2.24) is 15.3 Å². The number of hydrogen-bond acceptors (Lipinski definition) is 6. The van der Waals surface area contributed by atoms with Crippen molar-refractivity contribution in [3.05, 3.63) is 11.9 Å². The minimum atomic E-state index is -0.0760. The summed E-state index contributed by atoms with van der Waals surface area (Å²) < 4.78 is 0. The molecule has 0 aliphatic heterocycles. The van der Waals surface area contributed by atoms with E-state index in [1.165, 1.54) is 0 Å². The summed E-state index contributed by atoms with van der Waals surface area (Å²) in [6.07, 6.45) is 1.71. The largest absolute Gasteiger partial charge is 0.361 e. The smallest absolute Gasteiger partial charge is 0.239 e. The zero-order valence-electron chi connectivity index (χ0n) is 11.7. The summed E-state index contributed by atoms with van der Waals surface area (Å²) in [6, 6.07) is 1.79. The van der Waals surface area contributed by atoms with Crippen LogP contribution in [0.2, 0.25) is 0 Å². The molecule has 0 aliphatic rings. The van der Waals surface area contributed by atoms with Gasteiger partial charge < -0.3 is 16.1 Å². The van der Waals surface area contributed by atoms with Gasteiger partial charge in [-0.1, -0.05) is 6.92 Å². The fourth-order valence-corrected chi connectivity index (χ4v) is 1.54. The molecule has 1 aromatic heterocycles. The SMILES string of the molecule is CCCc1nc(NN)cc(NCC(=O)NC(C)C)n1. The van der Waals surface area contributed by atoms with Crippen LogP contribution < -0.4 is 21.9 Å². The maximum atomic E-state index is 11.5. The summed E-state index contributed by atoms with van der Waals surface area (Å²) in [6.45, 7) is 6.05. The molecule has 5 N–H and O–H groups in total. The van der Waals surface area contributed by atoms with Crippen molar-refractivity contribution in [3.8, 4) is 0 Å². The highest BCUT2D eigenvalue weighted by Crippen LogP contribution is 2.11. The molecule has 0 aromatic carbocycles. The molecular formula is C12H22N6O. The number of carbonyl (C=O) groups excluding carboxylic acids is 1. The summed E-state index contributed by atoms with van der Waals surface area (Å²) in [4.78, 5) is 20.1. The number of nitrogens with one attached hydrogen (secondary N) is 3. The molecule has 0 radical (unpaired) electrons. The van der Waals surface area contributed by atoms with Gasteiger partial charge in [-0.3, -0.25) is 4.79 Å². The van der Waals surface area contributed by atoms with Gasteiger partial charge in [-0.15, -0.1) is 0 Å². The summed E-state index contributed by atoms with van der Waals surface area (Å²) in [5.41, 5.74) is 2.49. The molecule has 0 aliphatic carbocycles. The summed E-state index contributed by atoms with van der Waals surface area (Å²) in [5, 5.41) is 5.76. The average molecular weight is 266 g/mol. The molecule has 0 saturated carbocycles. The predicted octanol–water partition coefficient (Wildman–Crippen LogP) is 0.651. The Balaban J connectivity index is 2.66. The molecule has 1 rings (SSSR count). The Morgan fingerprint density at radius 2 is 2.05 bits per heavy atom. The van der Waals surface area contributed by atoms with Gasteiger partial charge in [-0.2, -0.15) is 0 Å². The number of amides is 1. The van der Waals surface area contributed by atoms with Gasteiger partial charge in [0.2, 0.25) is 5.91 Å². The number of nitrogens with two attached hydrogens (primary N) is 1. The highest BCUT2D eigenvalue weighted by atomic mass is 16.1. The molecule has 7 nitrogen and oxygen atoms in total. The Kier molecular flexibility index (Phi) is 6.01. The first-order valence-corrected chi connectivity index (χ1v) is 6.43. The number of anilines is 2. The molecule has 0 spiro atoms. The first kappa shape index (κ1) is 15.2. The van der Waals surface area contributed by atoms with Crippen LogP contribution in [0.15, 0.2) is 6.07 Å². The molecular weight excluding hydrogens is 244 g/mol. The first-order chi connectivity index (χ1) is 9.05. The molecule has 0 saturated heterocycles. The third kappa shape index (κ3) is 5.52. The van der Waals surface area contributed by atoms with Crippen LogP contribution in [0.5, 0.6) is 0 Å². The Hall–Kier alpha value is -1.89. The van der Waals surface area contributed by atoms with Crippen LogP contribution in [-0.4, -0.2) is 28.5 Å². The number of hydrogen-bond donors (Lipinski definition) is 4. The van der Waals surface area contributed by atoms with Crippen molar-refractivity contribution >= 4 is 17.5 Å². The normalized spacial score (nSPS) is 10.4. The van der Waals surface area contributed by atoms with Gasteiger partial charge in [0.1, 0.15) is 17.5 Å². The minimum Gasteiger partial charge on any atom is -0.361 e. The van der Waals surface area contributed by atoms with E-state index in [4.69, 9.17) is 5.84 Å². The Labute approximate surface area is 113 Å². The predicted molar refractivity (Wildman–Crippen MR) is 75.6 cm³/mol. The van der Waals surface area contributed by atoms with Gasteiger partial charge in [0.25, 0.3) is 0 Å². The second-order valence-corrected chi connectivity index (χ2v) is 4.52. The van der Waals surface area contributed by atoms with Gasteiger partial charge in [0, 0.05) is 18.5 Å². The summed E-state index contributed by atoms with van der Waals surface area (Å²) >= 11 is 0. The van der Waals surface area contributed by atoms with Crippen LogP contribution in [0, 0.1) is 0 Å². The van der Waals surface area contributed by atoms with Crippen LogP contribution in [0.1, 0.15) is 33.0 Å². The van der Waals surface area contributed by atoms with E-state index in [1.54, 1.807) is 6.07 Å². The van der Waals surface area contributed by atoms with Gasteiger partial charge in [0.15, 0.2) is 0 Å². The number of rotatable bonds is 7. The Bertz CT molecular complexity index is 421. The number of nitrogen functional groups attached to an aromatic ring is 1. The summed E-state index contributed by atoms with van der Waals surface area (Å²) in [5.74, 6) is 7.10. The lowest BCUT2D eigenvalue weighted by Crippen LogP contribution is -2.35. The zero-order valence-corrected chi connectivity index (χ0v) is 11.7. The lowest BCUT2D eigenvalue weighted by molar-refractivity contribution is -0.119. The van der Waals surface area contributed by atoms with E-state index < -0.39 is 0 Å². The number of aryl methyl sites for hydroxylation is 1. The molecule has 19 heavy (non-hydrogen) atoms. The third-order valence-electron chi connectivity index (χ3n) is 2.27. The van der Waals surface area contributed by atoms with Crippen LogP contribution in [-0.2, 0) is 11.2 Å². The van der Waals surface area contributed by atoms with E-state index in [1.807, 2.05) is 13.8 Å². The molecule has 0 unspecified atom stereocenters. The fraction of sp³-hybridized carbons (Fsp3) is 0.583. The number of aromatic nitrogens is 2. The van der Waals surface area contributed by atoms with Gasteiger partial charge >= 0.3 is 0 Å². The van der Waals surface area contributed by atoms with E-state index in [-0.39, 0.29) is 18.5 Å². The van der Waals surface area contributed by atoms with Crippen LogP contribution in [0.25, 0.3) is 0 Å². The van der Waals surface area contributed by atoms with Gasteiger partial charge in [-0.05, 0) is 20.3 Å². The average Bonchev–Trinajstić information content (AvgIpc) is 2.35. The summed E-state index contributed by atoms with van der Waals surface area (Å²) in [7, 11) is 0. The van der Waals surface area contributed by atoms with E-state index in [0.717, 1.165) is 12.8 Å². The van der Waals surface area contributed by atoms with E-state index in [0.29, 0.717) is 17.5 Å².